The maximum atomic E-state index is 12.7. The van der Waals surface area contributed by atoms with Crippen molar-refractivity contribution in [2.24, 2.45) is 0 Å². The van der Waals surface area contributed by atoms with Gasteiger partial charge in [-0.05, 0) is 12.1 Å². The lowest BCUT2D eigenvalue weighted by Crippen LogP contribution is -1.95. The van der Waals surface area contributed by atoms with E-state index in [1.165, 1.54) is 29.2 Å². The predicted octanol–water partition coefficient (Wildman–Crippen LogP) is 1.95. The van der Waals surface area contributed by atoms with Gasteiger partial charge in [0.15, 0.2) is 0 Å². The fraction of sp³-hybridized carbons (Fsp3) is 0. The number of rotatable bonds is 1. The summed E-state index contributed by atoms with van der Waals surface area (Å²) in [5.41, 5.74) is 0.346. The molecule has 0 unspecified atom stereocenters. The Morgan fingerprint density at radius 1 is 1.15 bits per heavy atom. The molecule has 1 radical (unpaired) electrons. The summed E-state index contributed by atoms with van der Waals surface area (Å²) in [6.45, 7) is 0. The van der Waals surface area contributed by atoms with Gasteiger partial charge in [0.1, 0.15) is 11.6 Å². The third-order valence-electron chi connectivity index (χ3n) is 1.57. The van der Waals surface area contributed by atoms with E-state index in [1.54, 1.807) is 0 Å². The van der Waals surface area contributed by atoms with Crippen LogP contribution in [0.3, 0.4) is 0 Å². The minimum Gasteiger partial charge on any atom is -0.240 e. The lowest BCUT2D eigenvalue weighted by Gasteiger charge is -2.00. The first kappa shape index (κ1) is 7.91. The molecule has 2 rings (SSSR count). The fourth-order valence-corrected chi connectivity index (χ4v) is 1.05. The summed E-state index contributed by atoms with van der Waals surface area (Å²) in [5, 5.41) is 3.80. The number of benzene rings is 1. The Morgan fingerprint density at radius 3 is 2.38 bits per heavy atom. The Labute approximate surface area is 73.4 Å². The van der Waals surface area contributed by atoms with Crippen LogP contribution in [0.25, 0.3) is 5.69 Å². The van der Waals surface area contributed by atoms with E-state index in [0.717, 1.165) is 6.07 Å². The van der Waals surface area contributed by atoms with Crippen LogP contribution in [0.4, 0.5) is 8.78 Å². The summed E-state index contributed by atoms with van der Waals surface area (Å²) in [6, 6.07) is 5.89. The maximum absolute atomic E-state index is 12.7. The molecule has 0 atom stereocenters. The van der Waals surface area contributed by atoms with Gasteiger partial charge in [-0.2, -0.15) is 5.10 Å². The lowest BCUT2D eigenvalue weighted by atomic mass is 10.3. The standard InChI is InChI=1S/C9H5F2N2/c10-7-4-8(11)6-9(5-7)13-3-1-2-12-13/h2-6H. The van der Waals surface area contributed by atoms with Gasteiger partial charge >= 0.3 is 0 Å². The zero-order chi connectivity index (χ0) is 9.26. The molecule has 1 heterocycles. The molecular formula is C9H5F2N2. The molecule has 0 bridgehead atoms. The highest BCUT2D eigenvalue weighted by Crippen LogP contribution is 2.10. The van der Waals surface area contributed by atoms with Crippen LogP contribution in [-0.2, 0) is 0 Å². The molecule has 0 saturated heterocycles. The zero-order valence-electron chi connectivity index (χ0n) is 6.54. The lowest BCUT2D eigenvalue weighted by molar-refractivity contribution is 0.580. The van der Waals surface area contributed by atoms with E-state index >= 15 is 0 Å². The molecule has 65 valence electrons. The first-order chi connectivity index (χ1) is 6.25. The monoisotopic (exact) mass is 179 g/mol. The Balaban J connectivity index is 2.53. The zero-order valence-corrected chi connectivity index (χ0v) is 6.54. The third-order valence-corrected chi connectivity index (χ3v) is 1.57. The molecule has 13 heavy (non-hydrogen) atoms. The highest BCUT2D eigenvalue weighted by molar-refractivity contribution is 5.31. The summed E-state index contributed by atoms with van der Waals surface area (Å²) in [4.78, 5) is 0. The second-order valence-electron chi connectivity index (χ2n) is 2.51. The van der Waals surface area contributed by atoms with Crippen molar-refractivity contribution >= 4 is 0 Å². The normalized spacial score (nSPS) is 10.3. The van der Waals surface area contributed by atoms with E-state index in [0.29, 0.717) is 5.69 Å². The van der Waals surface area contributed by atoms with E-state index in [-0.39, 0.29) is 0 Å². The van der Waals surface area contributed by atoms with E-state index in [4.69, 9.17) is 0 Å². The summed E-state index contributed by atoms with van der Waals surface area (Å²) >= 11 is 0. The number of hydrogen-bond donors (Lipinski definition) is 0. The Kier molecular flexibility index (Phi) is 1.81. The summed E-state index contributed by atoms with van der Waals surface area (Å²) in [6.07, 6.45) is 2.91. The van der Waals surface area contributed by atoms with Gasteiger partial charge in [-0.3, -0.25) is 0 Å². The Morgan fingerprint density at radius 2 is 1.85 bits per heavy atom. The van der Waals surface area contributed by atoms with Crippen molar-refractivity contribution in [1.82, 2.24) is 9.78 Å². The van der Waals surface area contributed by atoms with E-state index in [9.17, 15) is 8.78 Å². The molecule has 0 amide bonds. The molecular weight excluding hydrogens is 174 g/mol. The molecule has 2 aromatic rings. The van der Waals surface area contributed by atoms with E-state index in [1.807, 2.05) is 0 Å². The van der Waals surface area contributed by atoms with Gasteiger partial charge in [-0.1, -0.05) is 0 Å². The molecule has 0 saturated carbocycles. The highest BCUT2D eigenvalue weighted by atomic mass is 19.1. The third kappa shape index (κ3) is 1.56. The molecule has 4 heteroatoms. The van der Waals surface area contributed by atoms with Gasteiger partial charge in [-0.15, -0.1) is 0 Å². The number of hydrogen-bond acceptors (Lipinski definition) is 1. The smallest absolute Gasteiger partial charge is 0.128 e. The number of aromatic nitrogens is 2. The topological polar surface area (TPSA) is 17.8 Å². The first-order valence-electron chi connectivity index (χ1n) is 3.63. The second-order valence-corrected chi connectivity index (χ2v) is 2.51. The number of nitrogens with zero attached hydrogens (tertiary/aromatic N) is 2. The van der Waals surface area contributed by atoms with Crippen LogP contribution < -0.4 is 0 Å². The van der Waals surface area contributed by atoms with Crippen molar-refractivity contribution in [3.05, 3.63) is 48.3 Å². The SMILES string of the molecule is Fc1cc(F)cc(-n2c[c]cn2)c1. The minimum atomic E-state index is -0.620. The van der Waals surface area contributed by atoms with E-state index in [2.05, 4.69) is 11.2 Å². The van der Waals surface area contributed by atoms with Crippen LogP contribution in [0.15, 0.2) is 30.6 Å². The van der Waals surface area contributed by atoms with Crippen molar-refractivity contribution in [2.75, 3.05) is 0 Å². The van der Waals surface area contributed by atoms with E-state index < -0.39 is 11.6 Å². The number of halogens is 2. The van der Waals surface area contributed by atoms with Crippen LogP contribution in [0.5, 0.6) is 0 Å². The quantitative estimate of drug-likeness (QED) is 0.654. The van der Waals surface area contributed by atoms with Gasteiger partial charge in [0.25, 0.3) is 0 Å². The summed E-state index contributed by atoms with van der Waals surface area (Å²) < 4.78 is 26.8. The molecule has 0 fully saturated rings. The molecule has 1 aromatic heterocycles. The molecule has 0 aliphatic carbocycles. The average Bonchev–Trinajstić information content (AvgIpc) is 2.53. The van der Waals surface area contributed by atoms with Crippen LogP contribution in [0.2, 0.25) is 0 Å². The highest BCUT2D eigenvalue weighted by Gasteiger charge is 2.01. The first-order valence-corrected chi connectivity index (χ1v) is 3.63. The van der Waals surface area contributed by atoms with Crippen molar-refractivity contribution in [3.8, 4) is 5.69 Å². The van der Waals surface area contributed by atoms with Gasteiger partial charge < -0.3 is 0 Å². The molecule has 0 aliphatic heterocycles. The van der Waals surface area contributed by atoms with Gasteiger partial charge in [0.05, 0.1) is 11.9 Å². The molecule has 2 nitrogen and oxygen atoms in total. The Bertz CT molecular complexity index is 389. The van der Waals surface area contributed by atoms with Crippen LogP contribution in [0, 0.1) is 17.7 Å². The fourth-order valence-electron chi connectivity index (χ4n) is 1.05. The maximum Gasteiger partial charge on any atom is 0.128 e. The van der Waals surface area contributed by atoms with Crippen molar-refractivity contribution in [1.29, 1.82) is 0 Å². The molecule has 0 spiro atoms. The summed E-state index contributed by atoms with van der Waals surface area (Å²) in [5.74, 6) is -1.24. The molecule has 0 N–H and O–H groups in total. The van der Waals surface area contributed by atoms with Crippen molar-refractivity contribution in [3.63, 3.8) is 0 Å². The van der Waals surface area contributed by atoms with Crippen LogP contribution in [-0.4, -0.2) is 9.78 Å². The van der Waals surface area contributed by atoms with Crippen LogP contribution in [0.1, 0.15) is 0 Å². The van der Waals surface area contributed by atoms with Crippen molar-refractivity contribution in [2.45, 2.75) is 0 Å². The Hall–Kier alpha value is -1.71. The predicted molar refractivity (Wildman–Crippen MR) is 42.3 cm³/mol. The second kappa shape index (κ2) is 2.97. The van der Waals surface area contributed by atoms with Gasteiger partial charge in [-0.25, -0.2) is 13.5 Å². The molecule has 1 aromatic carbocycles. The van der Waals surface area contributed by atoms with Gasteiger partial charge in [0, 0.05) is 18.3 Å². The minimum absolute atomic E-state index is 0.346. The van der Waals surface area contributed by atoms with Crippen molar-refractivity contribution < 1.29 is 8.78 Å². The van der Waals surface area contributed by atoms with Crippen LogP contribution >= 0.6 is 0 Å². The molecule has 0 aliphatic rings. The average molecular weight is 179 g/mol. The summed E-state index contributed by atoms with van der Waals surface area (Å²) in [7, 11) is 0. The largest absolute Gasteiger partial charge is 0.240 e. The van der Waals surface area contributed by atoms with Gasteiger partial charge in [0.2, 0.25) is 0 Å².